The molecule has 90 valence electrons. The maximum absolute atomic E-state index is 11.3. The van der Waals surface area contributed by atoms with E-state index in [9.17, 15) is 4.79 Å². The van der Waals surface area contributed by atoms with Crippen LogP contribution in [0.3, 0.4) is 0 Å². The Morgan fingerprint density at radius 1 is 1.76 bits per heavy atom. The van der Waals surface area contributed by atoms with Crippen LogP contribution in [0.5, 0.6) is 5.75 Å². The highest BCUT2D eigenvalue weighted by Crippen LogP contribution is 2.34. The van der Waals surface area contributed by atoms with Gasteiger partial charge in [0.15, 0.2) is 12.3 Å². The van der Waals surface area contributed by atoms with Crippen LogP contribution in [-0.2, 0) is 0 Å². The first-order valence-electron chi connectivity index (χ1n) is 5.91. The smallest absolute Gasteiger partial charge is 0.293 e. The molecule has 3 nitrogen and oxygen atoms in total. The molecule has 6 heteroatoms. The number of rotatable bonds is 2. The minimum absolute atomic E-state index is 0.0611. The third-order valence-electron chi connectivity index (χ3n) is 2.08. The number of thiol groups is 1. The average Bonchev–Trinajstić information content (AvgIpc) is 2.66. The zero-order valence-electron chi connectivity index (χ0n) is 11.5. The lowest BCUT2D eigenvalue weighted by molar-refractivity contribution is 0.101. The van der Waals surface area contributed by atoms with Crippen LogP contribution in [0.4, 0.5) is 0 Å². The molecule has 0 saturated carbocycles. The number of ketones is 1. The number of phenolic OH excluding ortho intramolecular Hbond substituents is 1. The van der Waals surface area contributed by atoms with Crippen molar-refractivity contribution in [3.05, 3.63) is 28.4 Å². The van der Waals surface area contributed by atoms with E-state index >= 15 is 0 Å². The van der Waals surface area contributed by atoms with Crippen molar-refractivity contribution in [2.75, 3.05) is 0 Å². The molecule has 0 radical (unpaired) electrons. The quantitative estimate of drug-likeness (QED) is 0.453. The van der Waals surface area contributed by atoms with Gasteiger partial charge in [-0.25, -0.2) is 12.5 Å². The van der Waals surface area contributed by atoms with Crippen LogP contribution in [0.2, 0.25) is 6.82 Å². The van der Waals surface area contributed by atoms with Gasteiger partial charge in [-0.3, -0.25) is 4.79 Å². The van der Waals surface area contributed by atoms with Crippen LogP contribution in [0.25, 0.3) is 10.9 Å². The lowest BCUT2D eigenvalue weighted by atomic mass is 10.2. The van der Waals surface area contributed by atoms with Gasteiger partial charge in [-0.1, -0.05) is 12.9 Å². The number of carbonyl (C=O) groups excluding carboxylic acids is 1. The first-order chi connectivity index (χ1) is 8.88. The van der Waals surface area contributed by atoms with Gasteiger partial charge in [0.05, 0.1) is 21.1 Å². The molecule has 0 aliphatic rings. The summed E-state index contributed by atoms with van der Waals surface area (Å²) in [5.41, 5.74) is 1.27. The number of aromatic nitrogens is 1. The summed E-state index contributed by atoms with van der Waals surface area (Å²) in [5.74, 6) is 0.358. The van der Waals surface area contributed by atoms with Crippen molar-refractivity contribution in [2.24, 2.45) is 0 Å². The van der Waals surface area contributed by atoms with Crippen LogP contribution in [0, 0.1) is 0 Å². The molecule has 0 atom stereocenters. The molecule has 0 aliphatic carbocycles. The Kier molecular flexibility index (Phi) is 4.07. The fraction of sp³-hybridized carbons (Fsp3) is 0.182. The molecule has 0 unspecified atom stereocenters. The minimum Gasteiger partial charge on any atom is -0.507 e. The van der Waals surface area contributed by atoms with E-state index in [1.807, 2.05) is 6.07 Å². The monoisotopic (exact) mass is 316 g/mol. The van der Waals surface area contributed by atoms with Crippen molar-refractivity contribution in [3.63, 3.8) is 0 Å². The lowest BCUT2D eigenvalue weighted by Gasteiger charge is -1.93. The molecule has 0 amide bonds. The van der Waals surface area contributed by atoms with Crippen molar-refractivity contribution in [1.29, 1.82) is 2.77 Å². The molecule has 2 rings (SSSR count). The number of fused-ring (bicyclic) bond motifs is 1. The molecule has 0 bridgehead atoms. The molecule has 17 heavy (non-hydrogen) atoms. The SMILES string of the molecule is [2H]B(C)S.[3H]Oc1cccc2[nH]c(C(C)=O)c(Br)c12. The highest BCUT2D eigenvalue weighted by Gasteiger charge is 2.14. The van der Waals surface area contributed by atoms with Crippen LogP contribution in [0.1, 0.15) is 17.4 Å². The van der Waals surface area contributed by atoms with Gasteiger partial charge < -0.3 is 10.1 Å². The maximum atomic E-state index is 11.3. The van der Waals surface area contributed by atoms with Gasteiger partial charge in [0.1, 0.15) is 5.75 Å². The fourth-order valence-corrected chi connectivity index (χ4v) is 2.21. The number of hydrogen-bond donors (Lipinski definition) is 3. The van der Waals surface area contributed by atoms with Gasteiger partial charge >= 0.3 is 0 Å². The normalized spacial score (nSPS) is 11.1. The Labute approximate surface area is 117 Å². The predicted octanol–water partition coefficient (Wildman–Crippen LogP) is 3.15. The largest absolute Gasteiger partial charge is 0.507 e. The Hall–Kier alpha value is -0.875. The summed E-state index contributed by atoms with van der Waals surface area (Å²) >= 11 is 6.96. The summed E-state index contributed by atoms with van der Waals surface area (Å²) < 4.78 is 14.0. The van der Waals surface area contributed by atoms with Gasteiger partial charge in [-0.15, -0.1) is 0 Å². The molecule has 0 saturated heterocycles. The number of halogens is 1. The van der Waals surface area contributed by atoms with Crippen LogP contribution in [-0.4, -0.2) is 25.2 Å². The Morgan fingerprint density at radius 3 is 2.94 bits per heavy atom. The van der Waals surface area contributed by atoms with Crippen molar-refractivity contribution in [3.8, 4) is 5.75 Å². The van der Waals surface area contributed by atoms with Gasteiger partial charge in [-0.05, 0) is 29.4 Å². The summed E-state index contributed by atoms with van der Waals surface area (Å²) in [6.45, 7) is 2.96. The molecule has 2 N–H and O–H groups in total. The van der Waals surface area contributed by atoms with E-state index in [0.29, 0.717) is 15.9 Å². The minimum atomic E-state index is -0.222. The summed E-state index contributed by atoms with van der Waals surface area (Å²) in [7, 11) is 0. The van der Waals surface area contributed by atoms with E-state index in [-0.39, 0.29) is 12.3 Å². The summed E-state index contributed by atoms with van der Waals surface area (Å²) in [5, 5.41) is 5.21. The number of benzene rings is 1. The van der Waals surface area contributed by atoms with Crippen LogP contribution in [0.15, 0.2) is 22.7 Å². The number of hydrogen-bond acceptors (Lipinski definition) is 3. The molecule has 1 aromatic heterocycles. The predicted molar refractivity (Wildman–Crippen MR) is 79.7 cm³/mol. The van der Waals surface area contributed by atoms with Crippen LogP contribution >= 0.6 is 28.4 Å². The Balaban J connectivity index is 0.000000399. The highest BCUT2D eigenvalue weighted by molar-refractivity contribution is 9.10. The van der Waals surface area contributed by atoms with E-state index in [1.54, 1.807) is 19.0 Å². The second-order valence-corrected chi connectivity index (χ2v) is 4.62. The second-order valence-electron chi connectivity index (χ2n) is 3.31. The van der Waals surface area contributed by atoms with Gasteiger partial charge in [-0.2, -0.15) is 0 Å². The van der Waals surface area contributed by atoms with Gasteiger partial charge in [0.2, 0.25) is 0 Å². The van der Waals surface area contributed by atoms with Gasteiger partial charge in [0.25, 0.3) is 1.43 Å². The molecule has 0 aliphatic heterocycles. The van der Waals surface area contributed by atoms with Crippen molar-refractivity contribution in [2.45, 2.75) is 13.7 Å². The zero-order chi connectivity index (χ0) is 14.6. The molecule has 0 fully saturated rings. The number of aromatic hydroxyl groups is 1. The van der Waals surface area contributed by atoms with E-state index in [1.165, 1.54) is 6.92 Å². The average molecular weight is 317 g/mol. The van der Waals surface area contributed by atoms with Gasteiger partial charge in [0, 0.05) is 6.92 Å². The molecule has 2 aromatic rings. The molecular formula is C11H13BBrNO2S. The zero-order valence-corrected chi connectivity index (χ0v) is 11.9. The van der Waals surface area contributed by atoms with E-state index < -0.39 is 0 Å². The lowest BCUT2D eigenvalue weighted by Crippen LogP contribution is -1.91. The van der Waals surface area contributed by atoms with Crippen molar-refractivity contribution in [1.82, 2.24) is 4.98 Å². The Bertz CT molecular complexity index is 589. The molecule has 1 heterocycles. The fourth-order valence-electron chi connectivity index (χ4n) is 1.42. The molecule has 1 aromatic carbocycles. The first kappa shape index (κ1) is 11.2. The topological polar surface area (TPSA) is 53.1 Å². The van der Waals surface area contributed by atoms with Crippen LogP contribution < -0.4 is 0 Å². The summed E-state index contributed by atoms with van der Waals surface area (Å²) in [6, 6.07) is 5.27. The van der Waals surface area contributed by atoms with E-state index in [2.05, 4.69) is 38.5 Å². The third-order valence-corrected chi connectivity index (χ3v) is 2.87. The number of nitrogens with one attached hydrogen (secondary N) is 1. The molecule has 0 spiro atoms. The number of aromatic amines is 1. The number of H-pyrrole nitrogens is 1. The summed E-state index contributed by atoms with van der Waals surface area (Å²) in [4.78, 5) is 14.3. The highest BCUT2D eigenvalue weighted by atomic mass is 79.9. The first-order valence-corrected chi connectivity index (χ1v) is 6.24. The standard InChI is InChI=1S/C10H8BrNO2.CH5BS/c1-5(13)10-9(11)8-6(12-10)3-2-4-7(8)14;1-2-3/h2-4,12,14H,1H3;2-3H,1H3/i;2D/hT. The summed E-state index contributed by atoms with van der Waals surface area (Å²) in [6.07, 6.45) is 0. The maximum Gasteiger partial charge on any atom is 0.293 e. The number of Topliss-reactive ketones (excluding diaryl/α,β-unsaturated/α-hetero) is 1. The van der Waals surface area contributed by atoms with E-state index in [0.717, 1.165) is 10.9 Å². The third kappa shape index (κ3) is 3.07. The van der Waals surface area contributed by atoms with Crippen molar-refractivity contribution >= 4 is 51.6 Å². The number of carbonyl (C=O) groups is 1. The Morgan fingerprint density at radius 2 is 2.41 bits per heavy atom. The van der Waals surface area contributed by atoms with E-state index in [4.69, 9.17) is 2.77 Å². The number of phenols is 1. The van der Waals surface area contributed by atoms with Crippen molar-refractivity contribution < 1.29 is 9.90 Å². The molecular weight excluding hydrogens is 301 g/mol. The second kappa shape index (κ2) is 6.16.